The van der Waals surface area contributed by atoms with E-state index in [2.05, 4.69) is 10.4 Å². The molecule has 82 valence electrons. The van der Waals surface area contributed by atoms with Crippen molar-refractivity contribution >= 4 is 16.0 Å². The largest absolute Gasteiger partial charge is 1.00 e. The normalized spacial score (nSPS) is 10.3. The van der Waals surface area contributed by atoms with Gasteiger partial charge in [0.2, 0.25) is 0 Å². The fourth-order valence-electron chi connectivity index (χ4n) is 0.780. The average Bonchev–Trinajstić information content (AvgIpc) is 2.17. The van der Waals surface area contributed by atoms with Crippen molar-refractivity contribution in [3.63, 3.8) is 0 Å². The van der Waals surface area contributed by atoms with Crippen LogP contribution in [0, 0.1) is 0 Å². The zero-order chi connectivity index (χ0) is 11.3. The van der Waals surface area contributed by atoms with Gasteiger partial charge < -0.3 is 4.55 Å². The summed E-state index contributed by atoms with van der Waals surface area (Å²) in [6.45, 7) is 0. The molecule has 1 aromatic heterocycles. The van der Waals surface area contributed by atoms with Crippen molar-refractivity contribution in [2.24, 2.45) is 0 Å². The van der Waals surface area contributed by atoms with E-state index in [9.17, 15) is 17.8 Å². The van der Waals surface area contributed by atoms with E-state index < -0.39 is 21.9 Å². The Bertz CT molecular complexity index is 436. The maximum atomic E-state index is 11.2. The number of nitrogens with zero attached hydrogens (tertiary/aromatic N) is 1. The molecule has 16 heavy (non-hydrogen) atoms. The molecular weight excluding hydrogens is 245 g/mol. The van der Waals surface area contributed by atoms with E-state index in [0.717, 1.165) is 0 Å². The van der Waals surface area contributed by atoms with Crippen molar-refractivity contribution in [2.45, 2.75) is 0 Å². The molecule has 2 N–H and O–H groups in total. The minimum atomic E-state index is -4.39. The molecule has 0 aliphatic rings. The monoisotopic (exact) mass is 253 g/mol. The van der Waals surface area contributed by atoms with Crippen LogP contribution in [0.4, 0.5) is 0 Å². The molecule has 0 radical (unpaired) electrons. The van der Waals surface area contributed by atoms with E-state index in [-0.39, 0.29) is 29.6 Å². The topological polar surface area (TPSA) is 111 Å². The SMILES string of the molecule is O=C(NNCS(=O)(=O)[O-])c1ccncc1.[Na+]. The summed E-state index contributed by atoms with van der Waals surface area (Å²) in [5.41, 5.74) is 4.37. The second kappa shape index (κ2) is 6.94. The molecule has 7 nitrogen and oxygen atoms in total. The summed E-state index contributed by atoms with van der Waals surface area (Å²) < 4.78 is 30.5. The van der Waals surface area contributed by atoms with Gasteiger partial charge in [-0.2, -0.15) is 0 Å². The number of carbonyl (C=O) groups is 1. The van der Waals surface area contributed by atoms with Crippen molar-refractivity contribution in [1.29, 1.82) is 0 Å². The standard InChI is InChI=1S/C7H9N3O4S.Na/c11-7(6-1-3-8-4-2-6)10-9-5-15(12,13)14;/h1-4,9H,5H2,(H,10,11)(H,12,13,14);/q;+1/p-1. The number of nitrogens with one attached hydrogen (secondary N) is 2. The summed E-state index contributed by atoms with van der Waals surface area (Å²) in [5.74, 6) is -1.40. The van der Waals surface area contributed by atoms with Crippen LogP contribution in [-0.2, 0) is 10.1 Å². The Hall–Kier alpha value is -0.510. The smallest absolute Gasteiger partial charge is 0.747 e. The Kier molecular flexibility index (Phi) is 6.72. The molecular formula is C7H8N3NaO4S. The van der Waals surface area contributed by atoms with Crippen LogP contribution in [0.5, 0.6) is 0 Å². The number of amides is 1. The number of hydrogen-bond donors (Lipinski definition) is 2. The first-order valence-corrected chi connectivity index (χ1v) is 5.43. The number of hydrazine groups is 1. The van der Waals surface area contributed by atoms with Gasteiger partial charge in [0.05, 0.1) is 0 Å². The second-order valence-electron chi connectivity index (χ2n) is 2.57. The molecule has 0 aliphatic heterocycles. The third kappa shape index (κ3) is 6.16. The van der Waals surface area contributed by atoms with Crippen LogP contribution < -0.4 is 40.4 Å². The van der Waals surface area contributed by atoms with Crippen LogP contribution in [0.15, 0.2) is 24.5 Å². The van der Waals surface area contributed by atoms with E-state index in [1.54, 1.807) is 0 Å². The van der Waals surface area contributed by atoms with Crippen molar-refractivity contribution in [3.05, 3.63) is 30.1 Å². The zero-order valence-electron chi connectivity index (χ0n) is 8.50. The van der Waals surface area contributed by atoms with Gasteiger partial charge in [0, 0.05) is 18.0 Å². The van der Waals surface area contributed by atoms with Crippen molar-refractivity contribution in [3.8, 4) is 0 Å². The predicted molar refractivity (Wildman–Crippen MR) is 49.4 cm³/mol. The van der Waals surface area contributed by atoms with Crippen LogP contribution >= 0.6 is 0 Å². The van der Waals surface area contributed by atoms with Crippen molar-refractivity contribution < 1.29 is 47.3 Å². The van der Waals surface area contributed by atoms with Crippen molar-refractivity contribution in [2.75, 3.05) is 5.88 Å². The summed E-state index contributed by atoms with van der Waals surface area (Å²) >= 11 is 0. The second-order valence-corrected chi connectivity index (χ2v) is 3.97. The van der Waals surface area contributed by atoms with Gasteiger partial charge in [-0.05, 0) is 12.1 Å². The van der Waals surface area contributed by atoms with Crippen LogP contribution in [0.2, 0.25) is 0 Å². The third-order valence-corrected chi connectivity index (χ3v) is 1.89. The van der Waals surface area contributed by atoms with Gasteiger partial charge in [-0.3, -0.25) is 15.2 Å². The van der Waals surface area contributed by atoms with Gasteiger partial charge in [-0.25, -0.2) is 13.8 Å². The Morgan fingerprint density at radius 1 is 1.38 bits per heavy atom. The minimum Gasteiger partial charge on any atom is -0.747 e. The number of carbonyl (C=O) groups excluding carboxylic acids is 1. The number of pyridine rings is 1. The van der Waals surface area contributed by atoms with E-state index in [1.807, 2.05) is 5.43 Å². The molecule has 1 rings (SSSR count). The molecule has 1 heterocycles. The predicted octanol–water partition coefficient (Wildman–Crippen LogP) is -4.18. The molecule has 0 aliphatic carbocycles. The quantitative estimate of drug-likeness (QED) is 0.320. The Morgan fingerprint density at radius 3 is 2.44 bits per heavy atom. The van der Waals surface area contributed by atoms with Gasteiger partial charge in [0.15, 0.2) is 0 Å². The molecule has 0 fully saturated rings. The molecule has 1 amide bonds. The molecule has 0 spiro atoms. The number of hydrogen-bond acceptors (Lipinski definition) is 6. The molecule has 0 saturated carbocycles. The average molecular weight is 253 g/mol. The fourth-order valence-corrected chi connectivity index (χ4v) is 1.03. The Morgan fingerprint density at radius 2 is 1.94 bits per heavy atom. The van der Waals surface area contributed by atoms with E-state index in [0.29, 0.717) is 5.56 Å². The molecule has 0 unspecified atom stereocenters. The van der Waals surface area contributed by atoms with Crippen LogP contribution in [0.25, 0.3) is 0 Å². The first-order valence-electron chi connectivity index (χ1n) is 3.86. The molecule has 0 aromatic carbocycles. The van der Waals surface area contributed by atoms with Crippen LogP contribution in [0.3, 0.4) is 0 Å². The van der Waals surface area contributed by atoms with E-state index in [1.165, 1.54) is 24.5 Å². The zero-order valence-corrected chi connectivity index (χ0v) is 11.3. The van der Waals surface area contributed by atoms with E-state index in [4.69, 9.17) is 0 Å². The maximum absolute atomic E-state index is 11.2. The van der Waals surface area contributed by atoms with Gasteiger partial charge in [0.1, 0.15) is 16.0 Å². The maximum Gasteiger partial charge on any atom is 1.00 e. The summed E-state index contributed by atoms with van der Waals surface area (Å²) in [6, 6.07) is 2.89. The first kappa shape index (κ1) is 15.5. The minimum absolute atomic E-state index is 0. The van der Waals surface area contributed by atoms with Crippen LogP contribution in [-0.4, -0.2) is 29.7 Å². The summed E-state index contributed by atoms with van der Waals surface area (Å²) in [6.07, 6.45) is 2.83. The number of rotatable bonds is 4. The van der Waals surface area contributed by atoms with Crippen molar-refractivity contribution in [1.82, 2.24) is 15.8 Å². The Labute approximate surface area is 115 Å². The van der Waals surface area contributed by atoms with Crippen LogP contribution in [0.1, 0.15) is 10.4 Å². The fraction of sp³-hybridized carbons (Fsp3) is 0.143. The summed E-state index contributed by atoms with van der Waals surface area (Å²) in [7, 11) is -4.39. The molecule has 0 atom stereocenters. The van der Waals surface area contributed by atoms with Gasteiger partial charge in [0.25, 0.3) is 5.91 Å². The van der Waals surface area contributed by atoms with Gasteiger partial charge in [-0.15, -0.1) is 0 Å². The summed E-state index contributed by atoms with van der Waals surface area (Å²) in [4.78, 5) is 14.9. The van der Waals surface area contributed by atoms with Gasteiger partial charge >= 0.3 is 29.6 Å². The summed E-state index contributed by atoms with van der Waals surface area (Å²) in [5, 5.41) is 0. The molecule has 0 bridgehead atoms. The molecule has 9 heteroatoms. The molecule has 0 saturated heterocycles. The number of aromatic nitrogens is 1. The first-order chi connectivity index (χ1) is 6.99. The van der Waals surface area contributed by atoms with Gasteiger partial charge in [-0.1, -0.05) is 0 Å². The Balaban J connectivity index is 0.00000225. The third-order valence-electron chi connectivity index (χ3n) is 1.39. The van der Waals surface area contributed by atoms with E-state index >= 15 is 0 Å². The molecule has 1 aromatic rings.